The van der Waals surface area contributed by atoms with E-state index in [1.165, 1.54) is 13.8 Å². The van der Waals surface area contributed by atoms with Crippen molar-refractivity contribution >= 4 is 88.0 Å². The number of aliphatic hydroxyl groups excluding tert-OH is 2. The van der Waals surface area contributed by atoms with Gasteiger partial charge >= 0.3 is 23.5 Å². The smallest absolute Gasteiger partial charge is 0.386 e. The first-order chi connectivity index (χ1) is 24.4. The van der Waals surface area contributed by atoms with Crippen molar-refractivity contribution in [1.29, 1.82) is 0 Å². The average Bonchev–Trinajstić information content (AvgIpc) is 3.60. The Kier molecular flexibility index (Phi) is 17.9. The number of carbonyl (C=O) groups is 3. The third-order valence-corrected chi connectivity index (χ3v) is 11.5. The van der Waals surface area contributed by atoms with Crippen LogP contribution in [0.4, 0.5) is 5.82 Å². The fourth-order valence-electron chi connectivity index (χ4n) is 4.45. The van der Waals surface area contributed by atoms with E-state index >= 15 is 0 Å². The fourth-order valence-corrected chi connectivity index (χ4v) is 8.02. The van der Waals surface area contributed by atoms with Crippen LogP contribution in [-0.2, 0) is 50.7 Å². The summed E-state index contributed by atoms with van der Waals surface area (Å²) in [6, 6.07) is 0. The molecule has 2 aromatic heterocycles. The van der Waals surface area contributed by atoms with Crippen LogP contribution in [0, 0.1) is 11.3 Å². The van der Waals surface area contributed by atoms with Crippen LogP contribution >= 0.6 is 35.2 Å². The summed E-state index contributed by atoms with van der Waals surface area (Å²) in [7, 11) is -16.4. The molecule has 1 saturated heterocycles. The Bertz CT molecular complexity index is 1770. The van der Waals surface area contributed by atoms with Gasteiger partial charge in [0.2, 0.25) is 11.8 Å². The van der Waals surface area contributed by atoms with Gasteiger partial charge in [-0.25, -0.2) is 28.6 Å². The monoisotopic (exact) mass is 844 g/mol. The van der Waals surface area contributed by atoms with Crippen LogP contribution in [0.1, 0.15) is 40.3 Å². The van der Waals surface area contributed by atoms with E-state index in [0.29, 0.717) is 5.75 Å². The van der Waals surface area contributed by atoms with Crippen molar-refractivity contribution in [2.45, 2.75) is 64.8 Å². The van der Waals surface area contributed by atoms with E-state index in [0.717, 1.165) is 29.0 Å². The topological polar surface area (TPSA) is 364 Å². The molecule has 1 aliphatic heterocycles. The van der Waals surface area contributed by atoms with Gasteiger partial charge in [-0.1, -0.05) is 39.5 Å². The second-order valence-electron chi connectivity index (χ2n) is 12.4. The van der Waals surface area contributed by atoms with Gasteiger partial charge in [0, 0.05) is 55.5 Å². The number of ether oxygens (including phenoxy) is 1. The Hall–Kier alpha value is -1.84. The number of nitrogens with one attached hydrogen (secondary N) is 2. The fraction of sp³-hybridized carbons (Fsp3) is 0.680. The van der Waals surface area contributed by atoms with Crippen LogP contribution in [0.15, 0.2) is 12.7 Å². The van der Waals surface area contributed by atoms with E-state index < -0.39 is 84.6 Å². The molecule has 2 unspecified atom stereocenters. The quantitative estimate of drug-likeness (QED) is 0.0436. The van der Waals surface area contributed by atoms with E-state index in [-0.39, 0.29) is 66.4 Å². The zero-order valence-corrected chi connectivity index (χ0v) is 33.2. The number of fused-ring (bicyclic) bond motifs is 1. The second-order valence-corrected chi connectivity index (χ2v) is 17.7. The van der Waals surface area contributed by atoms with Crippen molar-refractivity contribution < 1.29 is 80.5 Å². The first kappa shape index (κ1) is 48.3. The summed E-state index contributed by atoms with van der Waals surface area (Å²) in [6.45, 7) is 4.03. The van der Waals surface area contributed by atoms with Gasteiger partial charge in [-0.15, -0.1) is 0 Å². The number of amides is 2. The number of imidazole rings is 1. The van der Waals surface area contributed by atoms with E-state index in [2.05, 4.69) is 34.4 Å². The van der Waals surface area contributed by atoms with Gasteiger partial charge in [0.15, 0.2) is 22.8 Å². The minimum Gasteiger partial charge on any atom is -0.386 e. The van der Waals surface area contributed by atoms with Gasteiger partial charge in [-0.2, -0.15) is 4.31 Å². The molecular weight excluding hydrogens is 802 g/mol. The number of rotatable bonds is 20. The number of hydrogen-bond acceptors (Lipinski definition) is 18. The Labute approximate surface area is 324 Å². The predicted molar refractivity (Wildman–Crippen MR) is 188 cm³/mol. The Morgan fingerprint density at radius 2 is 1.70 bits per heavy atom. The molecule has 3 heterocycles. The number of nitrogen functional groups attached to an aromatic ring is 1. The number of nitrogens with two attached hydrogens (primary N) is 1. The largest absolute Gasteiger partial charge is 0.481 e. The van der Waals surface area contributed by atoms with E-state index in [1.807, 2.05) is 0 Å². The molecule has 0 aliphatic carbocycles. The SMILES string of the molecule is CC(C)C(=O)SCCNC(=O)CCNC(=O)[C@H](O)C(C)(C)COP(=O)(O)OP(=O)(O)OC[C@H]1O[C@@H](n2cnc3c(N)ncnc32)[C@H](O)[C@@H]1OP(=O)(O)O.[Li]. The molecule has 10 N–H and O–H groups in total. The second kappa shape index (κ2) is 20.0. The van der Waals surface area contributed by atoms with Gasteiger partial charge in [-0.3, -0.25) is 32.5 Å². The molecule has 0 bridgehead atoms. The maximum absolute atomic E-state index is 12.6. The molecule has 1 fully saturated rings. The van der Waals surface area contributed by atoms with Crippen LogP contribution < -0.4 is 16.4 Å². The molecular formula is C25H42LiN7O17P3S. The minimum atomic E-state index is -5.56. The molecule has 0 saturated carbocycles. The molecule has 301 valence electrons. The van der Waals surface area contributed by atoms with Gasteiger partial charge in [0.25, 0.3) is 0 Å². The number of hydrogen-bond donors (Lipinski definition) is 9. The summed E-state index contributed by atoms with van der Waals surface area (Å²) in [6.07, 6.45) is -6.89. The van der Waals surface area contributed by atoms with Gasteiger partial charge in [0.05, 0.1) is 19.5 Å². The van der Waals surface area contributed by atoms with Crippen molar-refractivity contribution in [3.05, 3.63) is 12.7 Å². The van der Waals surface area contributed by atoms with Crippen molar-refractivity contribution in [3.8, 4) is 0 Å². The summed E-state index contributed by atoms with van der Waals surface area (Å²) in [5, 5.41) is 26.3. The van der Waals surface area contributed by atoms with Crippen LogP contribution in [0.25, 0.3) is 11.2 Å². The number of thioether (sulfide) groups is 1. The maximum Gasteiger partial charge on any atom is 0.481 e. The molecule has 0 spiro atoms. The molecule has 29 heteroatoms. The van der Waals surface area contributed by atoms with Gasteiger partial charge in [0.1, 0.15) is 36.3 Å². The zero-order valence-electron chi connectivity index (χ0n) is 29.7. The third-order valence-electron chi connectivity index (χ3n) is 7.22. The Morgan fingerprint density at radius 1 is 1.06 bits per heavy atom. The predicted octanol–water partition coefficient (Wildman–Crippen LogP) is -1.06. The maximum atomic E-state index is 12.6. The minimum absolute atomic E-state index is 0. The van der Waals surface area contributed by atoms with Crippen molar-refractivity contribution in [2.75, 3.05) is 37.8 Å². The normalized spacial score (nSPS) is 21.9. The summed E-state index contributed by atoms with van der Waals surface area (Å²) in [4.78, 5) is 86.9. The molecule has 54 heavy (non-hydrogen) atoms. The molecule has 24 nitrogen and oxygen atoms in total. The molecule has 7 atom stereocenters. The zero-order chi connectivity index (χ0) is 39.9. The van der Waals surface area contributed by atoms with Gasteiger partial charge in [-0.05, 0) is 0 Å². The standard InChI is InChI=1S/C25H42N7O17P3S.Li/c1-13(2)24(37)53-8-7-27-15(33)5-6-28-22(36)19(35)25(3,4)10-46-52(43,44)49-51(41,42)45-9-14-18(48-50(38,39)40)17(34)23(47-14)32-12-31-16-20(26)29-11-30-21(16)32;/h11-14,17-19,23,34-35H,5-10H2,1-4H3,(H,27,33)(H,28,36)(H,41,42)(H,43,44)(H2,26,29,30)(H2,38,39,40);/t14-,17-,18-,19+,23-;/m1./s1. The Balaban J connectivity index is 0.0000101. The molecule has 2 amide bonds. The number of nitrogens with zero attached hydrogens (tertiary/aromatic N) is 4. The van der Waals surface area contributed by atoms with Crippen molar-refractivity contribution in [2.24, 2.45) is 11.3 Å². The summed E-state index contributed by atoms with van der Waals surface area (Å²) < 4.78 is 61.9. The average molecular weight is 845 g/mol. The van der Waals surface area contributed by atoms with E-state index in [9.17, 15) is 57.9 Å². The first-order valence-corrected chi connectivity index (χ1v) is 21.0. The number of carbonyl (C=O) groups excluding carboxylic acids is 3. The van der Waals surface area contributed by atoms with Crippen molar-refractivity contribution in [3.63, 3.8) is 0 Å². The number of phosphoric acid groups is 3. The molecule has 0 aromatic carbocycles. The third kappa shape index (κ3) is 14.3. The summed E-state index contributed by atoms with van der Waals surface area (Å²) >= 11 is 1.08. The summed E-state index contributed by atoms with van der Waals surface area (Å²) in [5.74, 6) is -1.22. The van der Waals surface area contributed by atoms with Crippen molar-refractivity contribution in [1.82, 2.24) is 30.2 Å². The summed E-state index contributed by atoms with van der Waals surface area (Å²) in [5.41, 5.74) is 4.26. The molecule has 1 aliphatic rings. The molecule has 3 rings (SSSR count). The van der Waals surface area contributed by atoms with Crippen LogP contribution in [-0.4, -0.2) is 142 Å². The van der Waals surface area contributed by atoms with E-state index in [4.69, 9.17) is 19.5 Å². The number of aromatic nitrogens is 4. The number of aliphatic hydroxyl groups is 2. The number of anilines is 1. The first-order valence-electron chi connectivity index (χ1n) is 15.5. The van der Waals surface area contributed by atoms with Gasteiger partial charge < -0.3 is 50.9 Å². The molecule has 1 radical (unpaired) electrons. The van der Waals surface area contributed by atoms with E-state index in [1.54, 1.807) is 13.8 Å². The number of phosphoric ester groups is 3. The van der Waals surface area contributed by atoms with Crippen LogP contribution in [0.2, 0.25) is 0 Å². The van der Waals surface area contributed by atoms with Crippen LogP contribution in [0.3, 0.4) is 0 Å². The molecule has 2 aromatic rings. The van der Waals surface area contributed by atoms with Crippen LogP contribution in [0.5, 0.6) is 0 Å². The Morgan fingerprint density at radius 3 is 2.33 bits per heavy atom.